The Balaban J connectivity index is 1.76. The second-order valence-corrected chi connectivity index (χ2v) is 10.2. The van der Waals surface area contributed by atoms with Crippen molar-refractivity contribution in [3.63, 3.8) is 0 Å². The molecule has 0 radical (unpaired) electrons. The average molecular weight is 408 g/mol. The van der Waals surface area contributed by atoms with Crippen molar-refractivity contribution >= 4 is 15.9 Å². The van der Waals surface area contributed by atoms with Gasteiger partial charge in [0.2, 0.25) is 15.9 Å². The van der Waals surface area contributed by atoms with Gasteiger partial charge in [0.1, 0.15) is 0 Å². The molecule has 2 aliphatic heterocycles. The standard InChI is InChI=1S/C21H33N3O3S/c1-3-23-14-10-19(11-15-23)22-20(25)21(18-8-6-5-7-9-18)12-16-24(17-13-21)28(26,27)4-2/h5-9,19H,3-4,10-17H2,1-2H3,(H,22,25). The van der Waals surface area contributed by atoms with Crippen molar-refractivity contribution in [2.45, 2.75) is 51.0 Å². The Morgan fingerprint density at radius 2 is 1.68 bits per heavy atom. The predicted molar refractivity (Wildman–Crippen MR) is 112 cm³/mol. The Bertz CT molecular complexity index is 750. The van der Waals surface area contributed by atoms with Gasteiger partial charge in [-0.05, 0) is 44.7 Å². The maximum absolute atomic E-state index is 13.5. The Hall–Kier alpha value is -1.44. The summed E-state index contributed by atoms with van der Waals surface area (Å²) in [5.41, 5.74) is 0.343. The van der Waals surface area contributed by atoms with Crippen LogP contribution in [0.4, 0.5) is 0 Å². The van der Waals surface area contributed by atoms with Crippen molar-refractivity contribution < 1.29 is 13.2 Å². The van der Waals surface area contributed by atoms with Crippen LogP contribution >= 0.6 is 0 Å². The number of benzene rings is 1. The molecule has 0 bridgehead atoms. The maximum Gasteiger partial charge on any atom is 0.230 e. The van der Waals surface area contributed by atoms with Gasteiger partial charge in [-0.2, -0.15) is 0 Å². The zero-order valence-corrected chi connectivity index (χ0v) is 17.9. The Labute approximate surface area is 169 Å². The van der Waals surface area contributed by atoms with Crippen LogP contribution in [0.1, 0.15) is 45.1 Å². The van der Waals surface area contributed by atoms with Crippen LogP contribution in [-0.2, 0) is 20.2 Å². The molecule has 2 fully saturated rings. The van der Waals surface area contributed by atoms with E-state index in [2.05, 4.69) is 17.1 Å². The lowest BCUT2D eigenvalue weighted by Gasteiger charge is -2.42. The molecule has 6 nitrogen and oxygen atoms in total. The molecule has 0 aliphatic carbocycles. The predicted octanol–water partition coefficient (Wildman–Crippen LogP) is 1.97. The van der Waals surface area contributed by atoms with Gasteiger partial charge in [-0.15, -0.1) is 0 Å². The smallest absolute Gasteiger partial charge is 0.230 e. The number of sulfonamides is 1. The highest BCUT2D eigenvalue weighted by molar-refractivity contribution is 7.89. The van der Waals surface area contributed by atoms with Crippen molar-refractivity contribution in [2.24, 2.45) is 0 Å². The van der Waals surface area contributed by atoms with Crippen LogP contribution < -0.4 is 5.32 Å². The lowest BCUT2D eigenvalue weighted by Crippen LogP contribution is -2.56. The number of likely N-dealkylation sites (tertiary alicyclic amines) is 1. The van der Waals surface area contributed by atoms with Gasteiger partial charge in [-0.25, -0.2) is 12.7 Å². The topological polar surface area (TPSA) is 69.7 Å². The monoisotopic (exact) mass is 407 g/mol. The summed E-state index contributed by atoms with van der Waals surface area (Å²) in [6, 6.07) is 10.1. The molecule has 0 unspecified atom stereocenters. The van der Waals surface area contributed by atoms with Gasteiger partial charge < -0.3 is 10.2 Å². The highest BCUT2D eigenvalue weighted by Crippen LogP contribution is 2.37. The zero-order chi connectivity index (χ0) is 20.2. The number of carbonyl (C=O) groups is 1. The van der Waals surface area contributed by atoms with Crippen LogP contribution in [0.3, 0.4) is 0 Å². The van der Waals surface area contributed by atoms with Crippen LogP contribution in [0.2, 0.25) is 0 Å². The lowest BCUT2D eigenvalue weighted by atomic mass is 9.72. The molecule has 156 valence electrons. The molecular weight excluding hydrogens is 374 g/mol. The highest BCUT2D eigenvalue weighted by atomic mass is 32.2. The first-order valence-corrected chi connectivity index (χ1v) is 12.1. The summed E-state index contributed by atoms with van der Waals surface area (Å²) in [4.78, 5) is 15.9. The number of amides is 1. The Morgan fingerprint density at radius 3 is 2.21 bits per heavy atom. The molecule has 0 spiro atoms. The molecule has 2 heterocycles. The normalized spacial score (nSPS) is 22.1. The zero-order valence-electron chi connectivity index (χ0n) is 17.1. The van der Waals surface area contributed by atoms with Gasteiger partial charge in [0.05, 0.1) is 11.2 Å². The summed E-state index contributed by atoms with van der Waals surface area (Å²) in [7, 11) is -3.22. The van der Waals surface area contributed by atoms with E-state index < -0.39 is 15.4 Å². The first kappa shape index (κ1) is 21.3. The highest BCUT2D eigenvalue weighted by Gasteiger charge is 2.45. The second-order valence-electron chi connectivity index (χ2n) is 7.93. The third kappa shape index (κ3) is 4.42. The number of nitrogens with zero attached hydrogens (tertiary/aromatic N) is 2. The number of hydrogen-bond acceptors (Lipinski definition) is 4. The minimum absolute atomic E-state index is 0.0576. The van der Waals surface area contributed by atoms with E-state index in [9.17, 15) is 13.2 Å². The van der Waals surface area contributed by atoms with Crippen LogP contribution in [0.25, 0.3) is 0 Å². The molecular formula is C21H33N3O3S. The number of piperidine rings is 2. The minimum Gasteiger partial charge on any atom is -0.352 e. The van der Waals surface area contributed by atoms with E-state index in [1.54, 1.807) is 11.2 Å². The number of hydrogen-bond donors (Lipinski definition) is 1. The number of rotatable bonds is 6. The Kier molecular flexibility index (Phi) is 6.78. The molecule has 0 atom stereocenters. The van der Waals surface area contributed by atoms with Gasteiger partial charge in [-0.1, -0.05) is 37.3 Å². The first-order chi connectivity index (χ1) is 13.4. The van der Waals surface area contributed by atoms with Crippen molar-refractivity contribution in [2.75, 3.05) is 38.5 Å². The van der Waals surface area contributed by atoms with Gasteiger partial charge in [0, 0.05) is 32.2 Å². The largest absolute Gasteiger partial charge is 0.352 e. The molecule has 0 aromatic heterocycles. The molecule has 0 saturated carbocycles. The van der Waals surface area contributed by atoms with Crippen molar-refractivity contribution in [1.29, 1.82) is 0 Å². The summed E-state index contributed by atoms with van der Waals surface area (Å²) in [6.45, 7) is 7.71. The summed E-state index contributed by atoms with van der Waals surface area (Å²) in [6.07, 6.45) is 2.99. The van der Waals surface area contributed by atoms with E-state index in [-0.39, 0.29) is 17.7 Å². The molecule has 1 aromatic rings. The van der Waals surface area contributed by atoms with Gasteiger partial charge in [0.25, 0.3) is 0 Å². The fraction of sp³-hybridized carbons (Fsp3) is 0.667. The van der Waals surface area contributed by atoms with E-state index in [1.165, 1.54) is 0 Å². The van der Waals surface area contributed by atoms with Crippen LogP contribution in [0.15, 0.2) is 30.3 Å². The average Bonchev–Trinajstić information content (AvgIpc) is 2.75. The minimum atomic E-state index is -3.22. The third-order valence-electron chi connectivity index (χ3n) is 6.47. The van der Waals surface area contributed by atoms with Crippen LogP contribution in [0.5, 0.6) is 0 Å². The fourth-order valence-electron chi connectivity index (χ4n) is 4.45. The quantitative estimate of drug-likeness (QED) is 0.783. The maximum atomic E-state index is 13.5. The van der Waals surface area contributed by atoms with Crippen LogP contribution in [-0.4, -0.2) is 68.0 Å². The second kappa shape index (κ2) is 8.93. The van der Waals surface area contributed by atoms with Crippen molar-refractivity contribution in [3.05, 3.63) is 35.9 Å². The van der Waals surface area contributed by atoms with E-state index in [0.717, 1.165) is 38.0 Å². The molecule has 1 N–H and O–H groups in total. The molecule has 2 aliphatic rings. The van der Waals surface area contributed by atoms with Crippen molar-refractivity contribution in [1.82, 2.24) is 14.5 Å². The van der Waals surface area contributed by atoms with Gasteiger partial charge in [0.15, 0.2) is 0 Å². The van der Waals surface area contributed by atoms with Crippen LogP contribution in [0, 0.1) is 0 Å². The van der Waals surface area contributed by atoms with Crippen molar-refractivity contribution in [3.8, 4) is 0 Å². The molecule has 3 rings (SSSR count). The van der Waals surface area contributed by atoms with Gasteiger partial charge >= 0.3 is 0 Å². The van der Waals surface area contributed by atoms with Gasteiger partial charge in [-0.3, -0.25) is 4.79 Å². The van der Waals surface area contributed by atoms with E-state index in [1.807, 2.05) is 30.3 Å². The molecule has 7 heteroatoms. The first-order valence-electron chi connectivity index (χ1n) is 10.5. The molecule has 1 aromatic carbocycles. The third-order valence-corrected chi connectivity index (χ3v) is 8.35. The molecule has 1 amide bonds. The SMILES string of the molecule is CCN1CCC(NC(=O)C2(c3ccccc3)CCN(S(=O)(=O)CC)CC2)CC1. The lowest BCUT2D eigenvalue weighted by molar-refractivity contribution is -0.129. The summed E-state index contributed by atoms with van der Waals surface area (Å²) in [5.74, 6) is 0.162. The Morgan fingerprint density at radius 1 is 1.07 bits per heavy atom. The fourth-order valence-corrected chi connectivity index (χ4v) is 5.55. The molecule has 28 heavy (non-hydrogen) atoms. The van der Waals surface area contributed by atoms with E-state index >= 15 is 0 Å². The summed E-state index contributed by atoms with van der Waals surface area (Å²) < 4.78 is 26.1. The number of carbonyl (C=O) groups excluding carboxylic acids is 1. The van der Waals surface area contributed by atoms with E-state index in [0.29, 0.717) is 25.9 Å². The molecule has 2 saturated heterocycles. The summed E-state index contributed by atoms with van der Waals surface area (Å²) >= 11 is 0. The number of nitrogens with one attached hydrogen (secondary N) is 1. The van der Waals surface area contributed by atoms with E-state index in [4.69, 9.17) is 0 Å². The summed E-state index contributed by atoms with van der Waals surface area (Å²) in [5, 5.41) is 3.31.